The molecule has 1 atom stereocenters. The average molecular weight is 205 g/mol. The summed E-state index contributed by atoms with van der Waals surface area (Å²) in [5.41, 5.74) is 2.29. The van der Waals surface area contributed by atoms with Crippen molar-refractivity contribution in [3.05, 3.63) is 23.8 Å². The van der Waals surface area contributed by atoms with Crippen molar-refractivity contribution in [3.63, 3.8) is 0 Å². The van der Waals surface area contributed by atoms with Crippen LogP contribution >= 0.6 is 0 Å². The Morgan fingerprint density at radius 3 is 2.80 bits per heavy atom. The van der Waals surface area contributed by atoms with Gasteiger partial charge in [-0.05, 0) is 37.5 Å². The average Bonchev–Trinajstić information content (AvgIpc) is 2.18. The molecule has 0 saturated carbocycles. The number of hydrogen-bond donors (Lipinski definition) is 1. The van der Waals surface area contributed by atoms with E-state index in [0.717, 1.165) is 18.0 Å². The predicted octanol–water partition coefficient (Wildman–Crippen LogP) is 3.21. The fraction of sp³-hybridized carbons (Fsp3) is 0.538. The van der Waals surface area contributed by atoms with Crippen LogP contribution < -0.4 is 10.1 Å². The first-order valence-corrected chi connectivity index (χ1v) is 5.55. The van der Waals surface area contributed by atoms with Crippen LogP contribution in [0.4, 0.5) is 5.69 Å². The summed E-state index contributed by atoms with van der Waals surface area (Å²) >= 11 is 0. The van der Waals surface area contributed by atoms with E-state index in [2.05, 4.69) is 51.2 Å². The van der Waals surface area contributed by atoms with Crippen molar-refractivity contribution < 1.29 is 4.74 Å². The van der Waals surface area contributed by atoms with Crippen molar-refractivity contribution in [2.75, 3.05) is 11.9 Å². The van der Waals surface area contributed by atoms with E-state index in [1.807, 2.05) is 0 Å². The maximum atomic E-state index is 6.07. The molecule has 0 aromatic heterocycles. The summed E-state index contributed by atoms with van der Waals surface area (Å²) in [6, 6.07) is 6.28. The van der Waals surface area contributed by atoms with Crippen LogP contribution in [0.3, 0.4) is 0 Å². The molecule has 0 saturated heterocycles. The van der Waals surface area contributed by atoms with Gasteiger partial charge in [-0.1, -0.05) is 19.9 Å². The molecule has 15 heavy (non-hydrogen) atoms. The van der Waals surface area contributed by atoms with Gasteiger partial charge in [0.1, 0.15) is 11.4 Å². The highest BCUT2D eigenvalue weighted by atomic mass is 16.5. The molecule has 0 radical (unpaired) electrons. The molecule has 82 valence electrons. The van der Waals surface area contributed by atoms with Crippen molar-refractivity contribution >= 4 is 5.69 Å². The lowest BCUT2D eigenvalue weighted by Gasteiger charge is -2.39. The van der Waals surface area contributed by atoms with E-state index in [4.69, 9.17) is 4.74 Å². The Hall–Kier alpha value is -1.18. The van der Waals surface area contributed by atoms with Crippen LogP contribution in [-0.4, -0.2) is 12.1 Å². The summed E-state index contributed by atoms with van der Waals surface area (Å²) in [6.07, 6.45) is 0. The zero-order valence-corrected chi connectivity index (χ0v) is 9.92. The Bertz CT molecular complexity index is 373. The highest BCUT2D eigenvalue weighted by Crippen LogP contribution is 2.36. The minimum atomic E-state index is -0.0950. The van der Waals surface area contributed by atoms with Gasteiger partial charge in [-0.25, -0.2) is 0 Å². The van der Waals surface area contributed by atoms with E-state index in [1.54, 1.807) is 0 Å². The van der Waals surface area contributed by atoms with E-state index in [9.17, 15) is 0 Å². The Morgan fingerprint density at radius 2 is 2.13 bits per heavy atom. The number of anilines is 1. The normalized spacial score (nSPS) is 24.3. The van der Waals surface area contributed by atoms with Crippen LogP contribution in [0.25, 0.3) is 0 Å². The fourth-order valence-corrected chi connectivity index (χ4v) is 1.75. The van der Waals surface area contributed by atoms with Crippen molar-refractivity contribution in [2.24, 2.45) is 5.92 Å². The zero-order valence-electron chi connectivity index (χ0n) is 9.92. The molecule has 1 aliphatic rings. The van der Waals surface area contributed by atoms with E-state index in [1.165, 1.54) is 5.56 Å². The molecule has 1 heterocycles. The first kappa shape index (κ1) is 10.3. The Labute approximate surface area is 91.6 Å². The van der Waals surface area contributed by atoms with Crippen molar-refractivity contribution in [2.45, 2.75) is 33.3 Å². The predicted molar refractivity (Wildman–Crippen MR) is 63.5 cm³/mol. The number of hydrogen-bond acceptors (Lipinski definition) is 2. The number of benzene rings is 1. The van der Waals surface area contributed by atoms with Gasteiger partial charge in [-0.15, -0.1) is 0 Å². The van der Waals surface area contributed by atoms with E-state index >= 15 is 0 Å². The number of ether oxygens (including phenoxy) is 1. The minimum Gasteiger partial charge on any atom is -0.483 e. The maximum Gasteiger partial charge on any atom is 0.143 e. The van der Waals surface area contributed by atoms with Gasteiger partial charge in [-0.3, -0.25) is 0 Å². The summed E-state index contributed by atoms with van der Waals surface area (Å²) in [5, 5.41) is 3.45. The van der Waals surface area contributed by atoms with Gasteiger partial charge in [0.05, 0.1) is 12.2 Å². The Balaban J connectivity index is 2.31. The quantitative estimate of drug-likeness (QED) is 0.760. The topological polar surface area (TPSA) is 21.3 Å². The molecule has 0 aliphatic carbocycles. The smallest absolute Gasteiger partial charge is 0.143 e. The van der Waals surface area contributed by atoms with Crippen LogP contribution in [0.15, 0.2) is 18.2 Å². The van der Waals surface area contributed by atoms with Crippen molar-refractivity contribution in [1.29, 1.82) is 0 Å². The Morgan fingerprint density at radius 1 is 1.40 bits per heavy atom. The summed E-state index contributed by atoms with van der Waals surface area (Å²) in [4.78, 5) is 0. The molecule has 1 unspecified atom stereocenters. The van der Waals surface area contributed by atoms with Crippen LogP contribution in [0.5, 0.6) is 5.75 Å². The first-order chi connectivity index (χ1) is 7.01. The molecule has 1 N–H and O–H groups in total. The second kappa shape index (κ2) is 3.44. The van der Waals surface area contributed by atoms with Crippen LogP contribution in [0.2, 0.25) is 0 Å². The van der Waals surface area contributed by atoms with Gasteiger partial charge >= 0.3 is 0 Å². The molecule has 0 spiro atoms. The zero-order chi connectivity index (χ0) is 11.1. The van der Waals surface area contributed by atoms with E-state index in [-0.39, 0.29) is 5.60 Å². The molecular formula is C13H19NO. The summed E-state index contributed by atoms with van der Waals surface area (Å²) in [6.45, 7) is 9.52. The molecule has 0 fully saturated rings. The molecule has 0 bridgehead atoms. The largest absolute Gasteiger partial charge is 0.483 e. The highest BCUT2D eigenvalue weighted by molar-refractivity contribution is 5.60. The van der Waals surface area contributed by atoms with E-state index < -0.39 is 0 Å². The lowest BCUT2D eigenvalue weighted by molar-refractivity contribution is 0.0475. The maximum absolute atomic E-state index is 6.07. The molecular weight excluding hydrogens is 186 g/mol. The van der Waals surface area contributed by atoms with Crippen molar-refractivity contribution in [3.8, 4) is 5.75 Å². The summed E-state index contributed by atoms with van der Waals surface area (Å²) in [7, 11) is 0. The standard InChI is InChI=1S/C13H19NO/c1-9(2)13(4)8-14-11-7-10(3)5-6-12(11)15-13/h5-7,9,14H,8H2,1-4H3. The number of nitrogens with one attached hydrogen (secondary N) is 1. The molecule has 2 heteroatoms. The molecule has 2 rings (SSSR count). The first-order valence-electron chi connectivity index (χ1n) is 5.55. The fourth-order valence-electron chi connectivity index (χ4n) is 1.75. The minimum absolute atomic E-state index is 0.0950. The van der Waals surface area contributed by atoms with Crippen LogP contribution in [0.1, 0.15) is 26.3 Å². The van der Waals surface area contributed by atoms with Crippen LogP contribution in [0, 0.1) is 12.8 Å². The van der Waals surface area contributed by atoms with Gasteiger partial charge in [0.25, 0.3) is 0 Å². The molecule has 1 aromatic carbocycles. The highest BCUT2D eigenvalue weighted by Gasteiger charge is 2.34. The summed E-state index contributed by atoms with van der Waals surface area (Å²) < 4.78 is 6.07. The number of aryl methyl sites for hydroxylation is 1. The number of rotatable bonds is 1. The van der Waals surface area contributed by atoms with Gasteiger partial charge in [0.2, 0.25) is 0 Å². The monoisotopic (exact) mass is 205 g/mol. The van der Waals surface area contributed by atoms with Crippen molar-refractivity contribution in [1.82, 2.24) is 0 Å². The lowest BCUT2D eigenvalue weighted by atomic mass is 9.90. The molecule has 2 nitrogen and oxygen atoms in total. The third kappa shape index (κ3) is 1.81. The third-order valence-electron chi connectivity index (χ3n) is 3.33. The molecule has 1 aliphatic heterocycles. The summed E-state index contributed by atoms with van der Waals surface area (Å²) in [5.74, 6) is 1.47. The van der Waals surface area contributed by atoms with Gasteiger partial charge in [-0.2, -0.15) is 0 Å². The molecule has 1 aromatic rings. The lowest BCUT2D eigenvalue weighted by Crippen LogP contribution is -2.47. The van der Waals surface area contributed by atoms with Gasteiger partial charge < -0.3 is 10.1 Å². The second-order valence-corrected chi connectivity index (χ2v) is 4.92. The third-order valence-corrected chi connectivity index (χ3v) is 3.33. The SMILES string of the molecule is Cc1ccc2c(c1)NCC(C)(C(C)C)O2. The molecule has 0 amide bonds. The Kier molecular flexibility index (Phi) is 2.37. The van der Waals surface area contributed by atoms with Crippen LogP contribution in [-0.2, 0) is 0 Å². The second-order valence-electron chi connectivity index (χ2n) is 4.92. The van der Waals surface area contributed by atoms with Gasteiger partial charge in [0.15, 0.2) is 0 Å². The van der Waals surface area contributed by atoms with Gasteiger partial charge in [0, 0.05) is 0 Å². The number of fused-ring (bicyclic) bond motifs is 1. The van der Waals surface area contributed by atoms with E-state index in [0.29, 0.717) is 5.92 Å².